The second-order valence-corrected chi connectivity index (χ2v) is 4.23. The van der Waals surface area contributed by atoms with Crippen LogP contribution in [0.15, 0.2) is 45.7 Å². The summed E-state index contributed by atoms with van der Waals surface area (Å²) in [6.45, 7) is 0. The van der Waals surface area contributed by atoms with Crippen molar-refractivity contribution in [1.29, 1.82) is 0 Å². The number of anilines is 2. The van der Waals surface area contributed by atoms with E-state index in [0.29, 0.717) is 5.82 Å². The zero-order valence-electron chi connectivity index (χ0n) is 8.64. The SMILES string of the molecule is Cn1nc(Nc2ccc(Br)cc2)ccc1=O. The average Bonchev–Trinajstić information content (AvgIpc) is 2.27. The van der Waals surface area contributed by atoms with Crippen molar-refractivity contribution >= 4 is 27.4 Å². The maximum Gasteiger partial charge on any atom is 0.266 e. The lowest BCUT2D eigenvalue weighted by molar-refractivity contribution is 0.713. The number of nitrogens with one attached hydrogen (secondary N) is 1. The molecule has 0 bridgehead atoms. The third-order valence-electron chi connectivity index (χ3n) is 2.08. The third kappa shape index (κ3) is 2.49. The van der Waals surface area contributed by atoms with Crippen LogP contribution in [0.25, 0.3) is 0 Å². The fourth-order valence-electron chi connectivity index (χ4n) is 1.25. The Bertz CT molecular complexity index is 548. The number of aryl methyl sites for hydroxylation is 1. The number of benzene rings is 1. The Morgan fingerprint density at radius 3 is 2.50 bits per heavy atom. The molecule has 1 aromatic heterocycles. The molecule has 0 radical (unpaired) electrons. The maximum atomic E-state index is 11.1. The number of halogens is 1. The van der Waals surface area contributed by atoms with Crippen LogP contribution in [0.3, 0.4) is 0 Å². The molecule has 2 aromatic rings. The summed E-state index contributed by atoms with van der Waals surface area (Å²) in [6, 6.07) is 10.9. The van der Waals surface area contributed by atoms with Crippen LogP contribution >= 0.6 is 15.9 Å². The van der Waals surface area contributed by atoms with Gasteiger partial charge >= 0.3 is 0 Å². The van der Waals surface area contributed by atoms with Crippen LogP contribution in [0.1, 0.15) is 0 Å². The molecule has 1 aromatic carbocycles. The first-order valence-corrected chi connectivity index (χ1v) is 5.51. The topological polar surface area (TPSA) is 46.9 Å². The van der Waals surface area contributed by atoms with Gasteiger partial charge < -0.3 is 5.32 Å². The molecular weight excluding hydrogens is 270 g/mol. The number of nitrogens with zero attached hydrogens (tertiary/aromatic N) is 2. The summed E-state index contributed by atoms with van der Waals surface area (Å²) >= 11 is 3.36. The van der Waals surface area contributed by atoms with E-state index in [-0.39, 0.29) is 5.56 Å². The van der Waals surface area contributed by atoms with Crippen LogP contribution in [-0.4, -0.2) is 9.78 Å². The Morgan fingerprint density at radius 1 is 1.19 bits per heavy atom. The number of hydrogen-bond acceptors (Lipinski definition) is 3. The quantitative estimate of drug-likeness (QED) is 0.918. The molecule has 0 aliphatic heterocycles. The minimum absolute atomic E-state index is 0.124. The highest BCUT2D eigenvalue weighted by atomic mass is 79.9. The number of rotatable bonds is 2. The lowest BCUT2D eigenvalue weighted by Gasteiger charge is -2.06. The Balaban J connectivity index is 2.23. The molecule has 0 fully saturated rings. The number of hydrogen-bond donors (Lipinski definition) is 1. The van der Waals surface area contributed by atoms with E-state index in [9.17, 15) is 4.79 Å². The van der Waals surface area contributed by atoms with E-state index >= 15 is 0 Å². The predicted octanol–water partition coefficient (Wildman–Crippen LogP) is 2.29. The molecule has 0 unspecified atom stereocenters. The van der Waals surface area contributed by atoms with E-state index in [1.165, 1.54) is 10.7 Å². The minimum Gasteiger partial charge on any atom is -0.339 e. The lowest BCUT2D eigenvalue weighted by atomic mass is 10.3. The highest BCUT2D eigenvalue weighted by Gasteiger charge is 1.97. The van der Waals surface area contributed by atoms with Gasteiger partial charge in [0.05, 0.1) is 0 Å². The highest BCUT2D eigenvalue weighted by Crippen LogP contribution is 2.16. The summed E-state index contributed by atoms with van der Waals surface area (Å²) in [5, 5.41) is 7.18. The van der Waals surface area contributed by atoms with Gasteiger partial charge in [0, 0.05) is 23.3 Å². The van der Waals surface area contributed by atoms with Gasteiger partial charge in [-0.3, -0.25) is 4.79 Å². The fourth-order valence-corrected chi connectivity index (χ4v) is 1.51. The van der Waals surface area contributed by atoms with Gasteiger partial charge in [0.15, 0.2) is 5.82 Å². The summed E-state index contributed by atoms with van der Waals surface area (Å²) < 4.78 is 2.31. The van der Waals surface area contributed by atoms with Crippen molar-refractivity contribution in [3.63, 3.8) is 0 Å². The van der Waals surface area contributed by atoms with Gasteiger partial charge in [0.2, 0.25) is 0 Å². The first-order valence-electron chi connectivity index (χ1n) is 4.72. The molecule has 2 rings (SSSR count). The highest BCUT2D eigenvalue weighted by molar-refractivity contribution is 9.10. The monoisotopic (exact) mass is 279 g/mol. The van der Waals surface area contributed by atoms with Crippen molar-refractivity contribution in [1.82, 2.24) is 9.78 Å². The van der Waals surface area contributed by atoms with Crippen molar-refractivity contribution < 1.29 is 0 Å². The zero-order chi connectivity index (χ0) is 11.5. The molecule has 0 spiro atoms. The van der Waals surface area contributed by atoms with E-state index in [1.807, 2.05) is 24.3 Å². The smallest absolute Gasteiger partial charge is 0.266 e. The largest absolute Gasteiger partial charge is 0.339 e. The summed E-state index contributed by atoms with van der Waals surface area (Å²) in [5.74, 6) is 0.643. The first kappa shape index (κ1) is 10.9. The van der Waals surface area contributed by atoms with Crippen molar-refractivity contribution in [2.75, 3.05) is 5.32 Å². The zero-order valence-corrected chi connectivity index (χ0v) is 10.2. The molecule has 82 valence electrons. The van der Waals surface area contributed by atoms with Gasteiger partial charge in [-0.25, -0.2) is 4.68 Å². The molecule has 0 aliphatic rings. The Hall–Kier alpha value is -1.62. The van der Waals surface area contributed by atoms with Gasteiger partial charge in [-0.1, -0.05) is 15.9 Å². The minimum atomic E-state index is -0.124. The van der Waals surface area contributed by atoms with Crippen molar-refractivity contribution in [2.24, 2.45) is 7.05 Å². The van der Waals surface area contributed by atoms with E-state index in [4.69, 9.17) is 0 Å². The Labute approximate surface area is 101 Å². The number of aromatic nitrogens is 2. The van der Waals surface area contributed by atoms with Gasteiger partial charge in [-0.15, -0.1) is 0 Å². The van der Waals surface area contributed by atoms with Crippen LogP contribution in [0, 0.1) is 0 Å². The van der Waals surface area contributed by atoms with Crippen molar-refractivity contribution in [2.45, 2.75) is 0 Å². The molecule has 4 nitrogen and oxygen atoms in total. The van der Waals surface area contributed by atoms with Crippen LogP contribution in [0.4, 0.5) is 11.5 Å². The normalized spacial score (nSPS) is 10.1. The first-order chi connectivity index (χ1) is 7.65. The lowest BCUT2D eigenvalue weighted by Crippen LogP contribution is -2.18. The molecule has 5 heteroatoms. The van der Waals surface area contributed by atoms with Gasteiger partial charge in [0.25, 0.3) is 5.56 Å². The van der Waals surface area contributed by atoms with Crippen LogP contribution in [0.2, 0.25) is 0 Å². The maximum absolute atomic E-state index is 11.1. The van der Waals surface area contributed by atoms with Gasteiger partial charge in [-0.05, 0) is 30.3 Å². The average molecular weight is 280 g/mol. The van der Waals surface area contributed by atoms with Crippen LogP contribution in [-0.2, 0) is 7.05 Å². The summed E-state index contributed by atoms with van der Waals surface area (Å²) in [7, 11) is 1.62. The summed E-state index contributed by atoms with van der Waals surface area (Å²) in [6.07, 6.45) is 0. The second kappa shape index (κ2) is 4.49. The predicted molar refractivity (Wildman–Crippen MR) is 66.9 cm³/mol. The van der Waals surface area contributed by atoms with Crippen LogP contribution < -0.4 is 10.9 Å². The third-order valence-corrected chi connectivity index (χ3v) is 2.61. The van der Waals surface area contributed by atoms with E-state index in [0.717, 1.165) is 10.2 Å². The molecule has 1 heterocycles. The van der Waals surface area contributed by atoms with Crippen LogP contribution in [0.5, 0.6) is 0 Å². The van der Waals surface area contributed by atoms with E-state index in [2.05, 4.69) is 26.3 Å². The summed E-state index contributed by atoms with van der Waals surface area (Å²) in [4.78, 5) is 11.1. The molecular formula is C11H10BrN3O. The van der Waals surface area contributed by atoms with Crippen molar-refractivity contribution in [3.05, 3.63) is 51.2 Å². The molecule has 16 heavy (non-hydrogen) atoms. The second-order valence-electron chi connectivity index (χ2n) is 3.31. The van der Waals surface area contributed by atoms with Gasteiger partial charge in [0.1, 0.15) is 0 Å². The fraction of sp³-hybridized carbons (Fsp3) is 0.0909. The molecule has 1 N–H and O–H groups in total. The van der Waals surface area contributed by atoms with E-state index < -0.39 is 0 Å². The summed E-state index contributed by atoms with van der Waals surface area (Å²) in [5.41, 5.74) is 0.802. The molecule has 0 saturated carbocycles. The van der Waals surface area contributed by atoms with Gasteiger partial charge in [-0.2, -0.15) is 5.10 Å². The van der Waals surface area contributed by atoms with E-state index in [1.54, 1.807) is 13.1 Å². The molecule has 0 atom stereocenters. The molecule has 0 aliphatic carbocycles. The molecule has 0 amide bonds. The molecule has 0 saturated heterocycles. The standard InChI is InChI=1S/C11H10BrN3O/c1-15-11(16)7-6-10(14-15)13-9-4-2-8(12)3-5-9/h2-7H,1H3,(H,13,14). The van der Waals surface area contributed by atoms with Crippen molar-refractivity contribution in [3.8, 4) is 0 Å². The Kier molecular flexibility index (Phi) is 3.05. The Morgan fingerprint density at radius 2 is 1.88 bits per heavy atom.